The first-order valence-electron chi connectivity index (χ1n) is 3.36. The van der Waals surface area contributed by atoms with E-state index in [-0.39, 0.29) is 16.1 Å². The zero-order valence-corrected chi connectivity index (χ0v) is 7.97. The summed E-state index contributed by atoms with van der Waals surface area (Å²) in [7, 11) is 0. The third kappa shape index (κ3) is 1.21. The van der Waals surface area contributed by atoms with Crippen LogP contribution >= 0.6 is 23.3 Å². The molecule has 0 aliphatic carbocycles. The summed E-state index contributed by atoms with van der Waals surface area (Å²) < 4.78 is 20.3. The maximum Gasteiger partial charge on any atom is 0.316 e. The summed E-state index contributed by atoms with van der Waals surface area (Å²) in [5, 5.41) is 10.3. The monoisotopic (exact) mass is 233 g/mol. The molecule has 14 heavy (non-hydrogen) atoms. The van der Waals surface area contributed by atoms with Gasteiger partial charge in [0.05, 0.1) is 16.7 Å². The summed E-state index contributed by atoms with van der Waals surface area (Å²) in [6.07, 6.45) is 0. The summed E-state index contributed by atoms with van der Waals surface area (Å²) >= 11 is 6.22. The lowest BCUT2D eigenvalue weighted by molar-refractivity contribution is -0.383. The van der Waals surface area contributed by atoms with Crippen LogP contribution in [-0.2, 0) is 0 Å². The van der Waals surface area contributed by atoms with Crippen molar-refractivity contribution in [3.05, 3.63) is 27.0 Å². The van der Waals surface area contributed by atoms with Crippen molar-refractivity contribution < 1.29 is 9.31 Å². The summed E-state index contributed by atoms with van der Waals surface area (Å²) in [5.41, 5.74) is -0.632. The topological polar surface area (TPSA) is 68.9 Å². The minimum Gasteiger partial charge on any atom is -0.258 e. The van der Waals surface area contributed by atoms with Gasteiger partial charge in [-0.2, -0.15) is 8.75 Å². The summed E-state index contributed by atoms with van der Waals surface area (Å²) in [4.78, 5) is 9.88. The zero-order valence-electron chi connectivity index (χ0n) is 6.40. The standard InChI is InChI=1S/C6HClFN3O2S/c7-2-1-3(8)4-5(10-14-9-4)6(2)11(12)13/h1H. The van der Waals surface area contributed by atoms with Crippen molar-refractivity contribution in [3.63, 3.8) is 0 Å². The molecule has 0 fully saturated rings. The van der Waals surface area contributed by atoms with Gasteiger partial charge >= 0.3 is 5.69 Å². The first kappa shape index (κ1) is 9.22. The van der Waals surface area contributed by atoms with Crippen LogP contribution in [0.2, 0.25) is 5.02 Å². The van der Waals surface area contributed by atoms with E-state index in [0.29, 0.717) is 11.7 Å². The van der Waals surface area contributed by atoms with E-state index >= 15 is 0 Å². The van der Waals surface area contributed by atoms with Crippen LogP contribution in [0.15, 0.2) is 6.07 Å². The fourth-order valence-electron chi connectivity index (χ4n) is 1.04. The van der Waals surface area contributed by atoms with E-state index in [2.05, 4.69) is 8.75 Å². The molecule has 0 aliphatic heterocycles. The third-order valence-electron chi connectivity index (χ3n) is 1.60. The van der Waals surface area contributed by atoms with Crippen LogP contribution in [0.1, 0.15) is 0 Å². The number of halogens is 2. The van der Waals surface area contributed by atoms with E-state index in [0.717, 1.165) is 6.07 Å². The highest BCUT2D eigenvalue weighted by Gasteiger charge is 2.23. The summed E-state index contributed by atoms with van der Waals surface area (Å²) in [5.74, 6) is -0.704. The average Bonchev–Trinajstić information content (AvgIpc) is 2.51. The maximum atomic E-state index is 13.1. The van der Waals surface area contributed by atoms with Gasteiger partial charge in [-0.05, 0) is 0 Å². The molecule has 0 unspecified atom stereocenters. The molecular weight excluding hydrogens is 233 g/mol. The number of nitrogens with zero attached hydrogens (tertiary/aromatic N) is 3. The molecule has 0 N–H and O–H groups in total. The van der Waals surface area contributed by atoms with Gasteiger partial charge in [-0.1, -0.05) is 11.6 Å². The number of benzene rings is 1. The second-order valence-corrected chi connectivity index (χ2v) is 3.34. The fraction of sp³-hybridized carbons (Fsp3) is 0. The minimum atomic E-state index is -0.704. The molecule has 0 amide bonds. The largest absolute Gasteiger partial charge is 0.316 e. The number of fused-ring (bicyclic) bond motifs is 1. The minimum absolute atomic E-state index is 0.106. The summed E-state index contributed by atoms with van der Waals surface area (Å²) in [6, 6.07) is 0.865. The quantitative estimate of drug-likeness (QED) is 0.560. The van der Waals surface area contributed by atoms with Crippen molar-refractivity contribution >= 4 is 40.0 Å². The predicted molar refractivity (Wildman–Crippen MR) is 49.0 cm³/mol. The molecule has 0 spiro atoms. The van der Waals surface area contributed by atoms with E-state index in [9.17, 15) is 14.5 Å². The highest BCUT2D eigenvalue weighted by molar-refractivity contribution is 7.00. The van der Waals surface area contributed by atoms with Crippen LogP contribution in [-0.4, -0.2) is 13.7 Å². The Labute approximate surface area is 85.6 Å². The molecule has 1 aromatic heterocycles. The molecular formula is C6HClFN3O2S. The SMILES string of the molecule is O=[N+]([O-])c1c(Cl)cc(F)c2nsnc12. The van der Waals surface area contributed by atoms with Gasteiger partial charge in [0.2, 0.25) is 0 Å². The van der Waals surface area contributed by atoms with Gasteiger partial charge in [0.25, 0.3) is 0 Å². The number of hydrogen-bond donors (Lipinski definition) is 0. The van der Waals surface area contributed by atoms with Crippen LogP contribution in [0, 0.1) is 15.9 Å². The molecule has 0 bridgehead atoms. The Kier molecular flexibility index (Phi) is 2.05. The number of nitro benzene ring substituents is 1. The van der Waals surface area contributed by atoms with Crippen LogP contribution in [0.25, 0.3) is 11.0 Å². The highest BCUT2D eigenvalue weighted by atomic mass is 35.5. The average molecular weight is 234 g/mol. The van der Waals surface area contributed by atoms with Crippen molar-refractivity contribution in [2.75, 3.05) is 0 Å². The van der Waals surface area contributed by atoms with Crippen molar-refractivity contribution in [1.29, 1.82) is 0 Å². The van der Waals surface area contributed by atoms with Crippen LogP contribution in [0.4, 0.5) is 10.1 Å². The Balaban J connectivity index is 2.93. The van der Waals surface area contributed by atoms with E-state index in [1.54, 1.807) is 0 Å². The van der Waals surface area contributed by atoms with Gasteiger partial charge in [0.1, 0.15) is 10.5 Å². The molecule has 5 nitrogen and oxygen atoms in total. The van der Waals surface area contributed by atoms with E-state index in [1.165, 1.54) is 0 Å². The highest BCUT2D eigenvalue weighted by Crippen LogP contribution is 2.33. The number of hydrogen-bond acceptors (Lipinski definition) is 5. The van der Waals surface area contributed by atoms with Gasteiger partial charge < -0.3 is 0 Å². The second-order valence-electron chi connectivity index (χ2n) is 2.41. The molecule has 0 radical (unpaired) electrons. The van der Waals surface area contributed by atoms with Crippen molar-refractivity contribution in [1.82, 2.24) is 8.75 Å². The predicted octanol–water partition coefficient (Wildman–Crippen LogP) is 2.39. The Morgan fingerprint density at radius 3 is 2.79 bits per heavy atom. The van der Waals surface area contributed by atoms with E-state index in [1.807, 2.05) is 0 Å². The molecule has 0 saturated carbocycles. The van der Waals surface area contributed by atoms with Gasteiger partial charge in [-0.25, -0.2) is 4.39 Å². The molecule has 0 aliphatic rings. The van der Waals surface area contributed by atoms with Crippen LogP contribution in [0.3, 0.4) is 0 Å². The maximum absolute atomic E-state index is 13.1. The Bertz CT molecular complexity index is 529. The normalized spacial score (nSPS) is 10.7. The van der Waals surface area contributed by atoms with Crippen LogP contribution in [0.5, 0.6) is 0 Å². The number of aromatic nitrogens is 2. The molecule has 1 heterocycles. The van der Waals surface area contributed by atoms with Gasteiger partial charge in [-0.3, -0.25) is 10.1 Å². The lowest BCUT2D eigenvalue weighted by Gasteiger charge is -1.95. The van der Waals surface area contributed by atoms with Gasteiger partial charge in [-0.15, -0.1) is 0 Å². The lowest BCUT2D eigenvalue weighted by Crippen LogP contribution is -1.92. The molecule has 0 atom stereocenters. The van der Waals surface area contributed by atoms with Crippen molar-refractivity contribution in [3.8, 4) is 0 Å². The molecule has 8 heteroatoms. The molecule has 2 aromatic rings. The molecule has 0 saturated heterocycles. The number of rotatable bonds is 1. The Morgan fingerprint density at radius 1 is 1.50 bits per heavy atom. The van der Waals surface area contributed by atoms with Crippen molar-refractivity contribution in [2.24, 2.45) is 0 Å². The van der Waals surface area contributed by atoms with E-state index in [4.69, 9.17) is 11.6 Å². The molecule has 2 rings (SSSR count). The third-order valence-corrected chi connectivity index (χ3v) is 2.42. The second kappa shape index (κ2) is 3.10. The first-order valence-corrected chi connectivity index (χ1v) is 4.46. The Hall–Kier alpha value is -1.34. The van der Waals surface area contributed by atoms with Gasteiger partial charge in [0.15, 0.2) is 11.3 Å². The molecule has 72 valence electrons. The van der Waals surface area contributed by atoms with Gasteiger partial charge in [0, 0.05) is 6.07 Å². The zero-order chi connectivity index (χ0) is 10.3. The van der Waals surface area contributed by atoms with E-state index < -0.39 is 16.4 Å². The smallest absolute Gasteiger partial charge is 0.258 e. The van der Waals surface area contributed by atoms with Crippen molar-refractivity contribution in [2.45, 2.75) is 0 Å². The Morgan fingerprint density at radius 2 is 2.14 bits per heavy atom. The first-order chi connectivity index (χ1) is 6.61. The molecule has 1 aromatic carbocycles. The fourth-order valence-corrected chi connectivity index (χ4v) is 1.84. The lowest BCUT2D eigenvalue weighted by atomic mass is 10.2. The number of nitro groups is 1. The van der Waals surface area contributed by atoms with Crippen LogP contribution < -0.4 is 0 Å². The summed E-state index contributed by atoms with van der Waals surface area (Å²) in [6.45, 7) is 0.